The quantitative estimate of drug-likeness (QED) is 0.536. The molecule has 0 aromatic heterocycles. The van der Waals surface area contributed by atoms with Crippen molar-refractivity contribution < 1.29 is 0 Å². The highest BCUT2D eigenvalue weighted by Gasteiger charge is 2.23. The number of amidine groups is 1. The predicted molar refractivity (Wildman–Crippen MR) is 120 cm³/mol. The van der Waals surface area contributed by atoms with Crippen molar-refractivity contribution in [3.63, 3.8) is 0 Å². The van der Waals surface area contributed by atoms with Crippen LogP contribution in [0.5, 0.6) is 0 Å². The second-order valence-electron chi connectivity index (χ2n) is 7.21. The van der Waals surface area contributed by atoms with Gasteiger partial charge in [0, 0.05) is 28.1 Å². The number of halogens is 2. The molecule has 2 aromatic carbocycles. The van der Waals surface area contributed by atoms with Crippen LogP contribution in [-0.4, -0.2) is 30.4 Å². The Morgan fingerprint density at radius 1 is 1.25 bits per heavy atom. The van der Waals surface area contributed by atoms with E-state index in [0.29, 0.717) is 6.54 Å². The summed E-state index contributed by atoms with van der Waals surface area (Å²) in [5, 5.41) is 9.98. The number of benzene rings is 2. The molecule has 0 fully saturated rings. The Labute approximate surface area is 181 Å². The van der Waals surface area contributed by atoms with E-state index in [1.807, 2.05) is 19.1 Å². The second-order valence-corrected chi connectivity index (χ2v) is 8.54. The summed E-state index contributed by atoms with van der Waals surface area (Å²) in [7, 11) is 0. The van der Waals surface area contributed by atoms with E-state index in [-0.39, 0.29) is 5.92 Å². The van der Waals surface area contributed by atoms with Gasteiger partial charge in [-0.05, 0) is 61.1 Å². The molecular weight excluding hydrogens is 434 g/mol. The monoisotopic (exact) mass is 457 g/mol. The Morgan fingerprint density at radius 3 is 2.82 bits per heavy atom. The molecule has 1 atom stereocenters. The minimum Gasteiger partial charge on any atom is -0.353 e. The molecule has 1 aliphatic rings. The van der Waals surface area contributed by atoms with Gasteiger partial charge in [-0.3, -0.25) is 4.99 Å². The fraction of sp³-hybridized carbons (Fsp3) is 0.391. The summed E-state index contributed by atoms with van der Waals surface area (Å²) in [4.78, 5) is 6.97. The van der Waals surface area contributed by atoms with Crippen molar-refractivity contribution in [2.24, 2.45) is 10.9 Å². The first-order valence-electron chi connectivity index (χ1n) is 9.77. The minimum atomic E-state index is -0.0280. The molecule has 0 amide bonds. The number of aryl methyl sites for hydroxylation is 2. The largest absolute Gasteiger partial charge is 0.353 e. The molecule has 0 saturated heterocycles. The summed E-state index contributed by atoms with van der Waals surface area (Å²) < 4.78 is 1.11. The van der Waals surface area contributed by atoms with E-state index in [1.54, 1.807) is 0 Å². The average molecular weight is 459 g/mol. The van der Waals surface area contributed by atoms with Crippen LogP contribution < -0.4 is 0 Å². The van der Waals surface area contributed by atoms with E-state index >= 15 is 0 Å². The van der Waals surface area contributed by atoms with Gasteiger partial charge in [0.05, 0.1) is 18.5 Å². The standard InChI is InChI=1S/C23H25BrClN3/c1-3-17-7-9-19(24)13-18(17)8-10-20-21(5-4-6-22(20)25)23-27-11-12-28(23)15-16(2)14-26/h4-7,9,13,16H,3,8,10-12,15H2,1-2H3. The van der Waals surface area contributed by atoms with Gasteiger partial charge >= 0.3 is 0 Å². The number of hydrogen-bond acceptors (Lipinski definition) is 3. The van der Waals surface area contributed by atoms with Crippen LogP contribution in [0, 0.1) is 17.2 Å². The van der Waals surface area contributed by atoms with Crippen LogP contribution in [0.4, 0.5) is 0 Å². The van der Waals surface area contributed by atoms with Crippen LogP contribution in [-0.2, 0) is 19.3 Å². The zero-order chi connectivity index (χ0) is 20.1. The van der Waals surface area contributed by atoms with Crippen molar-refractivity contribution in [3.8, 4) is 6.07 Å². The van der Waals surface area contributed by atoms with Crippen molar-refractivity contribution in [1.29, 1.82) is 5.26 Å². The SMILES string of the molecule is CCc1ccc(Br)cc1CCc1c(Cl)cccc1C1=NCCN1CC(C)C#N. The van der Waals surface area contributed by atoms with Crippen molar-refractivity contribution in [2.45, 2.75) is 33.1 Å². The Balaban J connectivity index is 1.87. The van der Waals surface area contributed by atoms with Gasteiger partial charge in [-0.1, -0.05) is 52.7 Å². The third-order valence-electron chi connectivity index (χ3n) is 5.20. The van der Waals surface area contributed by atoms with E-state index in [2.05, 4.69) is 58.1 Å². The molecule has 3 rings (SSSR count). The topological polar surface area (TPSA) is 39.4 Å². The van der Waals surface area contributed by atoms with Gasteiger partial charge in [0.2, 0.25) is 0 Å². The van der Waals surface area contributed by atoms with Crippen LogP contribution in [0.15, 0.2) is 45.9 Å². The summed E-state index contributed by atoms with van der Waals surface area (Å²) >= 11 is 10.2. The summed E-state index contributed by atoms with van der Waals surface area (Å²) in [6.07, 6.45) is 2.81. The number of nitrogens with zero attached hydrogens (tertiary/aromatic N) is 3. The van der Waals surface area contributed by atoms with Gasteiger partial charge < -0.3 is 4.90 Å². The number of hydrogen-bond donors (Lipinski definition) is 0. The molecule has 2 aromatic rings. The lowest BCUT2D eigenvalue weighted by atomic mass is 9.95. The maximum absolute atomic E-state index is 9.19. The zero-order valence-corrected chi connectivity index (χ0v) is 18.7. The lowest BCUT2D eigenvalue weighted by Crippen LogP contribution is -2.33. The van der Waals surface area contributed by atoms with Crippen molar-refractivity contribution in [1.82, 2.24) is 4.90 Å². The fourth-order valence-electron chi connectivity index (χ4n) is 3.74. The van der Waals surface area contributed by atoms with Crippen LogP contribution in [0.2, 0.25) is 5.02 Å². The second kappa shape index (κ2) is 9.58. The first-order valence-corrected chi connectivity index (χ1v) is 10.9. The van der Waals surface area contributed by atoms with Crippen LogP contribution >= 0.6 is 27.5 Å². The van der Waals surface area contributed by atoms with Crippen LogP contribution in [0.3, 0.4) is 0 Å². The highest BCUT2D eigenvalue weighted by atomic mass is 79.9. The third-order valence-corrected chi connectivity index (χ3v) is 6.05. The normalized spacial score (nSPS) is 14.7. The molecule has 5 heteroatoms. The van der Waals surface area contributed by atoms with E-state index in [1.165, 1.54) is 11.1 Å². The molecule has 3 nitrogen and oxygen atoms in total. The minimum absolute atomic E-state index is 0.0280. The highest BCUT2D eigenvalue weighted by Crippen LogP contribution is 2.27. The molecule has 1 aliphatic heterocycles. The molecule has 0 radical (unpaired) electrons. The smallest absolute Gasteiger partial charge is 0.131 e. The summed E-state index contributed by atoms with van der Waals surface area (Å²) in [5.41, 5.74) is 4.97. The molecule has 0 bridgehead atoms. The maximum Gasteiger partial charge on any atom is 0.131 e. The van der Waals surface area contributed by atoms with Gasteiger partial charge in [-0.25, -0.2) is 0 Å². The van der Waals surface area contributed by atoms with Gasteiger partial charge in [0.1, 0.15) is 5.84 Å². The predicted octanol–water partition coefficient (Wildman–Crippen LogP) is 5.67. The lowest BCUT2D eigenvalue weighted by Gasteiger charge is -2.23. The molecule has 0 spiro atoms. The average Bonchev–Trinajstić information content (AvgIpc) is 3.14. The Hall–Kier alpha value is -1.83. The summed E-state index contributed by atoms with van der Waals surface area (Å²) in [6.45, 7) is 6.47. The first kappa shape index (κ1) is 20.9. The molecule has 1 heterocycles. The number of rotatable bonds is 7. The molecule has 0 N–H and O–H groups in total. The highest BCUT2D eigenvalue weighted by molar-refractivity contribution is 9.10. The van der Waals surface area contributed by atoms with E-state index in [9.17, 15) is 5.26 Å². The zero-order valence-electron chi connectivity index (χ0n) is 16.4. The van der Waals surface area contributed by atoms with E-state index in [4.69, 9.17) is 16.6 Å². The molecule has 146 valence electrons. The Bertz CT molecular complexity index is 917. The van der Waals surface area contributed by atoms with Gasteiger partial charge in [-0.2, -0.15) is 5.26 Å². The van der Waals surface area contributed by atoms with Crippen molar-refractivity contribution in [3.05, 3.63) is 68.1 Å². The molecular formula is C23H25BrClN3. The molecule has 0 aliphatic carbocycles. The van der Waals surface area contributed by atoms with Crippen LogP contribution in [0.25, 0.3) is 0 Å². The van der Waals surface area contributed by atoms with Gasteiger partial charge in [0.25, 0.3) is 0 Å². The van der Waals surface area contributed by atoms with E-state index in [0.717, 1.165) is 58.8 Å². The van der Waals surface area contributed by atoms with Crippen LogP contribution in [0.1, 0.15) is 36.1 Å². The maximum atomic E-state index is 9.19. The third kappa shape index (κ3) is 4.77. The number of aliphatic imine (C=N–C) groups is 1. The van der Waals surface area contributed by atoms with Crippen molar-refractivity contribution in [2.75, 3.05) is 19.6 Å². The lowest BCUT2D eigenvalue weighted by molar-refractivity contribution is 0.418. The summed E-state index contributed by atoms with van der Waals surface area (Å²) in [5.74, 6) is 0.948. The molecule has 0 saturated carbocycles. The Kier molecular flexibility index (Phi) is 7.15. The Morgan fingerprint density at radius 2 is 2.07 bits per heavy atom. The van der Waals surface area contributed by atoms with Crippen molar-refractivity contribution >= 4 is 33.4 Å². The fourth-order valence-corrected chi connectivity index (χ4v) is 4.42. The number of nitriles is 1. The summed E-state index contributed by atoms with van der Waals surface area (Å²) in [6, 6.07) is 14.9. The first-order chi connectivity index (χ1) is 13.5. The molecule has 1 unspecified atom stereocenters. The molecule has 28 heavy (non-hydrogen) atoms. The van der Waals surface area contributed by atoms with Gasteiger partial charge in [-0.15, -0.1) is 0 Å². The van der Waals surface area contributed by atoms with E-state index < -0.39 is 0 Å². The van der Waals surface area contributed by atoms with Gasteiger partial charge in [0.15, 0.2) is 0 Å².